The van der Waals surface area contributed by atoms with Gasteiger partial charge in [0.1, 0.15) is 22.8 Å². The van der Waals surface area contributed by atoms with E-state index in [0.717, 1.165) is 46.8 Å². The average Bonchev–Trinajstić information content (AvgIpc) is 3.18. The standard InChI is InChI=1S/C24H23FN4S/c1-16-4-3-5-20(12-16)29-11-10-28(13-17(29)2)23-22-21(14-30-24(22)27-15-26-23)18-6-8-19(25)9-7-18/h3-9,12,14-15,17H,10-11,13H2,1-2H3. The van der Waals surface area contributed by atoms with Crippen LogP contribution in [0.2, 0.25) is 0 Å². The predicted octanol–water partition coefficient (Wildman–Crippen LogP) is 5.52. The molecule has 0 saturated carbocycles. The third kappa shape index (κ3) is 3.41. The number of benzene rings is 2. The summed E-state index contributed by atoms with van der Waals surface area (Å²) in [5.41, 5.74) is 4.61. The summed E-state index contributed by atoms with van der Waals surface area (Å²) >= 11 is 1.61. The summed E-state index contributed by atoms with van der Waals surface area (Å²) in [5, 5.41) is 3.16. The fourth-order valence-corrected chi connectivity index (χ4v) is 5.19. The highest BCUT2D eigenvalue weighted by atomic mass is 32.1. The van der Waals surface area contributed by atoms with Gasteiger partial charge in [0.2, 0.25) is 0 Å². The molecule has 0 amide bonds. The second-order valence-corrected chi connectivity index (χ2v) is 8.72. The molecule has 3 heterocycles. The van der Waals surface area contributed by atoms with Crippen LogP contribution in [0.15, 0.2) is 60.2 Å². The number of aryl methyl sites for hydroxylation is 1. The van der Waals surface area contributed by atoms with Crippen LogP contribution >= 0.6 is 11.3 Å². The molecule has 152 valence electrons. The van der Waals surface area contributed by atoms with E-state index in [1.165, 1.54) is 23.4 Å². The minimum atomic E-state index is -0.226. The van der Waals surface area contributed by atoms with Crippen molar-refractivity contribution in [3.05, 3.63) is 71.6 Å². The van der Waals surface area contributed by atoms with Crippen molar-refractivity contribution in [3.63, 3.8) is 0 Å². The van der Waals surface area contributed by atoms with Gasteiger partial charge in [0.05, 0.1) is 5.39 Å². The number of halogens is 1. The molecular formula is C24H23FN4S. The molecule has 0 radical (unpaired) electrons. The number of aromatic nitrogens is 2. The number of anilines is 2. The summed E-state index contributed by atoms with van der Waals surface area (Å²) in [5.74, 6) is 0.743. The Bertz CT molecular complexity index is 1190. The molecule has 1 aliphatic heterocycles. The number of piperazine rings is 1. The van der Waals surface area contributed by atoms with Gasteiger partial charge in [0, 0.05) is 42.3 Å². The molecule has 0 N–H and O–H groups in total. The Hall–Kier alpha value is -2.99. The first-order valence-electron chi connectivity index (χ1n) is 10.2. The zero-order valence-corrected chi connectivity index (χ0v) is 17.9. The van der Waals surface area contributed by atoms with E-state index in [9.17, 15) is 4.39 Å². The first-order valence-corrected chi connectivity index (χ1v) is 11.0. The second-order valence-electron chi connectivity index (χ2n) is 7.86. The molecule has 30 heavy (non-hydrogen) atoms. The van der Waals surface area contributed by atoms with E-state index in [0.29, 0.717) is 6.04 Å². The molecule has 2 aromatic carbocycles. The van der Waals surface area contributed by atoms with Crippen LogP contribution in [0.25, 0.3) is 21.3 Å². The summed E-state index contributed by atoms with van der Waals surface area (Å²) in [6.07, 6.45) is 1.65. The molecule has 4 nitrogen and oxygen atoms in total. The molecule has 2 aromatic heterocycles. The van der Waals surface area contributed by atoms with E-state index >= 15 is 0 Å². The number of hydrogen-bond donors (Lipinski definition) is 0. The summed E-state index contributed by atoms with van der Waals surface area (Å²) in [6.45, 7) is 7.12. The largest absolute Gasteiger partial charge is 0.365 e. The Morgan fingerprint density at radius 3 is 2.67 bits per heavy atom. The Morgan fingerprint density at radius 1 is 1.07 bits per heavy atom. The molecule has 1 fully saturated rings. The van der Waals surface area contributed by atoms with Crippen LogP contribution in [0.4, 0.5) is 15.9 Å². The molecular weight excluding hydrogens is 395 g/mol. The van der Waals surface area contributed by atoms with E-state index in [1.807, 2.05) is 12.1 Å². The fraction of sp³-hybridized carbons (Fsp3) is 0.250. The van der Waals surface area contributed by atoms with Gasteiger partial charge in [-0.3, -0.25) is 0 Å². The molecule has 1 atom stereocenters. The van der Waals surface area contributed by atoms with Gasteiger partial charge in [-0.05, 0) is 49.2 Å². The van der Waals surface area contributed by atoms with Gasteiger partial charge in [-0.15, -0.1) is 11.3 Å². The van der Waals surface area contributed by atoms with E-state index < -0.39 is 0 Å². The van der Waals surface area contributed by atoms with E-state index in [1.54, 1.807) is 17.7 Å². The summed E-state index contributed by atoms with van der Waals surface area (Å²) in [6, 6.07) is 15.7. The molecule has 0 bridgehead atoms. The van der Waals surface area contributed by atoms with Crippen molar-refractivity contribution in [2.45, 2.75) is 19.9 Å². The smallest absolute Gasteiger partial charge is 0.141 e. The lowest BCUT2D eigenvalue weighted by atomic mass is 10.0. The quantitative estimate of drug-likeness (QED) is 0.438. The Balaban J connectivity index is 1.48. The lowest BCUT2D eigenvalue weighted by molar-refractivity contribution is 0.548. The van der Waals surface area contributed by atoms with Crippen LogP contribution in [0.3, 0.4) is 0 Å². The van der Waals surface area contributed by atoms with Crippen LogP contribution in [0.5, 0.6) is 0 Å². The monoisotopic (exact) mass is 418 g/mol. The highest BCUT2D eigenvalue weighted by Gasteiger charge is 2.27. The van der Waals surface area contributed by atoms with Crippen LogP contribution in [0.1, 0.15) is 12.5 Å². The van der Waals surface area contributed by atoms with Crippen LogP contribution in [-0.2, 0) is 0 Å². The van der Waals surface area contributed by atoms with Crippen molar-refractivity contribution < 1.29 is 4.39 Å². The predicted molar refractivity (Wildman–Crippen MR) is 123 cm³/mol. The summed E-state index contributed by atoms with van der Waals surface area (Å²) < 4.78 is 13.4. The number of fused-ring (bicyclic) bond motifs is 1. The normalized spacial score (nSPS) is 17.0. The van der Waals surface area contributed by atoms with Crippen molar-refractivity contribution in [3.8, 4) is 11.1 Å². The topological polar surface area (TPSA) is 32.3 Å². The van der Waals surface area contributed by atoms with E-state index in [-0.39, 0.29) is 5.82 Å². The van der Waals surface area contributed by atoms with E-state index in [2.05, 4.69) is 63.3 Å². The first kappa shape index (κ1) is 19.0. The third-order valence-corrected chi connectivity index (χ3v) is 6.65. The van der Waals surface area contributed by atoms with Gasteiger partial charge in [0.25, 0.3) is 0 Å². The minimum absolute atomic E-state index is 0.226. The van der Waals surface area contributed by atoms with Crippen molar-refractivity contribution in [1.82, 2.24) is 9.97 Å². The highest BCUT2D eigenvalue weighted by Crippen LogP contribution is 2.38. The Morgan fingerprint density at radius 2 is 1.90 bits per heavy atom. The van der Waals surface area contributed by atoms with Gasteiger partial charge in [-0.25, -0.2) is 14.4 Å². The minimum Gasteiger partial charge on any atom is -0.365 e. The Labute approximate surface area is 179 Å². The van der Waals surface area contributed by atoms with Crippen molar-refractivity contribution >= 4 is 33.1 Å². The van der Waals surface area contributed by atoms with E-state index in [4.69, 9.17) is 0 Å². The molecule has 0 spiro atoms. The SMILES string of the molecule is Cc1cccc(N2CCN(c3ncnc4scc(-c5ccc(F)cc5)c34)CC2C)c1. The maximum absolute atomic E-state index is 13.4. The Kier molecular flexibility index (Phi) is 4.87. The molecule has 1 aliphatic rings. The van der Waals surface area contributed by atoms with Crippen molar-refractivity contribution in [2.75, 3.05) is 29.4 Å². The summed E-state index contributed by atoms with van der Waals surface area (Å²) in [4.78, 5) is 15.0. The van der Waals surface area contributed by atoms with Gasteiger partial charge in [0.15, 0.2) is 0 Å². The lowest BCUT2D eigenvalue weighted by Crippen LogP contribution is -2.52. The van der Waals surface area contributed by atoms with Gasteiger partial charge < -0.3 is 9.80 Å². The lowest BCUT2D eigenvalue weighted by Gasteiger charge is -2.42. The van der Waals surface area contributed by atoms with Crippen molar-refractivity contribution in [2.24, 2.45) is 0 Å². The number of rotatable bonds is 3. The van der Waals surface area contributed by atoms with Gasteiger partial charge in [-0.2, -0.15) is 0 Å². The molecule has 1 unspecified atom stereocenters. The van der Waals surface area contributed by atoms with Crippen LogP contribution in [0, 0.1) is 12.7 Å². The zero-order valence-electron chi connectivity index (χ0n) is 17.0. The summed E-state index contributed by atoms with van der Waals surface area (Å²) in [7, 11) is 0. The zero-order chi connectivity index (χ0) is 20.7. The molecule has 5 rings (SSSR count). The van der Waals surface area contributed by atoms with Crippen LogP contribution in [-0.4, -0.2) is 35.6 Å². The molecule has 4 aromatic rings. The molecule has 6 heteroatoms. The molecule has 0 aliphatic carbocycles. The van der Waals surface area contributed by atoms with Crippen molar-refractivity contribution in [1.29, 1.82) is 0 Å². The average molecular weight is 419 g/mol. The third-order valence-electron chi connectivity index (χ3n) is 5.77. The molecule has 1 saturated heterocycles. The number of thiophene rings is 1. The second kappa shape index (κ2) is 7.69. The highest BCUT2D eigenvalue weighted by molar-refractivity contribution is 7.17. The van der Waals surface area contributed by atoms with Gasteiger partial charge in [-0.1, -0.05) is 24.3 Å². The van der Waals surface area contributed by atoms with Gasteiger partial charge >= 0.3 is 0 Å². The van der Waals surface area contributed by atoms with Crippen LogP contribution < -0.4 is 9.80 Å². The maximum atomic E-state index is 13.4. The first-order chi connectivity index (χ1) is 14.6. The maximum Gasteiger partial charge on any atom is 0.141 e. The fourth-order valence-electron chi connectivity index (χ4n) is 4.28. The number of nitrogens with zero attached hydrogens (tertiary/aromatic N) is 4. The number of hydrogen-bond acceptors (Lipinski definition) is 5.